The summed E-state index contributed by atoms with van der Waals surface area (Å²) in [4.78, 5) is 16.0. The second kappa shape index (κ2) is 6.89. The van der Waals surface area contributed by atoms with Crippen molar-refractivity contribution in [2.45, 2.75) is 38.5 Å². The number of nitrogens with one attached hydrogen (secondary N) is 1. The van der Waals surface area contributed by atoms with Gasteiger partial charge in [0.15, 0.2) is 0 Å². The van der Waals surface area contributed by atoms with Crippen molar-refractivity contribution >= 4 is 27.9 Å². The number of benzene rings is 1. The average molecular weight is 351 g/mol. The van der Waals surface area contributed by atoms with Gasteiger partial charge in [0.05, 0.1) is 12.1 Å². The molecule has 1 aliphatic carbocycles. The number of aryl methyl sites for hydroxylation is 2. The Labute approximate surface area is 152 Å². The monoisotopic (exact) mass is 351 g/mol. The minimum absolute atomic E-state index is 0.0354. The quantitative estimate of drug-likeness (QED) is 0.913. The van der Waals surface area contributed by atoms with E-state index in [0.717, 1.165) is 54.9 Å². The SMILES string of the molecule is N#Cc1c(NC(=O)CN2CCCc3ccccc32)sc2c1CCCC2. The molecule has 0 radical (unpaired) electrons. The number of hydrogen-bond acceptors (Lipinski definition) is 4. The topological polar surface area (TPSA) is 56.1 Å². The van der Waals surface area contributed by atoms with Gasteiger partial charge in [-0.1, -0.05) is 18.2 Å². The van der Waals surface area contributed by atoms with Crippen LogP contribution in [0.3, 0.4) is 0 Å². The van der Waals surface area contributed by atoms with Gasteiger partial charge in [-0.25, -0.2) is 0 Å². The van der Waals surface area contributed by atoms with Crippen LogP contribution in [-0.4, -0.2) is 19.0 Å². The van der Waals surface area contributed by atoms with Gasteiger partial charge < -0.3 is 10.2 Å². The predicted molar refractivity (Wildman–Crippen MR) is 101 cm³/mol. The average Bonchev–Trinajstić information content (AvgIpc) is 2.98. The summed E-state index contributed by atoms with van der Waals surface area (Å²) in [5, 5.41) is 13.3. The van der Waals surface area contributed by atoms with Gasteiger partial charge in [-0.05, 0) is 55.7 Å². The Morgan fingerprint density at radius 1 is 1.20 bits per heavy atom. The van der Waals surface area contributed by atoms with E-state index in [4.69, 9.17) is 0 Å². The van der Waals surface area contributed by atoms with Gasteiger partial charge in [-0.15, -0.1) is 11.3 Å². The van der Waals surface area contributed by atoms with Crippen molar-refractivity contribution in [1.29, 1.82) is 5.26 Å². The third-order valence-electron chi connectivity index (χ3n) is 5.08. The highest BCUT2D eigenvalue weighted by atomic mass is 32.1. The summed E-state index contributed by atoms with van der Waals surface area (Å²) in [5.41, 5.74) is 4.32. The molecular weight excluding hydrogens is 330 g/mol. The molecule has 1 aromatic heterocycles. The van der Waals surface area contributed by atoms with Crippen LogP contribution in [0.2, 0.25) is 0 Å². The normalized spacial score (nSPS) is 15.9. The molecule has 0 unspecified atom stereocenters. The van der Waals surface area contributed by atoms with Gasteiger partial charge in [0.1, 0.15) is 11.1 Å². The van der Waals surface area contributed by atoms with E-state index in [2.05, 4.69) is 34.5 Å². The number of nitrogens with zero attached hydrogens (tertiary/aromatic N) is 2. The molecule has 0 spiro atoms. The number of carbonyl (C=O) groups excluding carboxylic acids is 1. The van der Waals surface area contributed by atoms with E-state index in [1.165, 1.54) is 16.9 Å². The second-order valence-electron chi connectivity index (χ2n) is 6.73. The Balaban J connectivity index is 1.51. The number of para-hydroxylation sites is 1. The van der Waals surface area contributed by atoms with E-state index in [0.29, 0.717) is 12.1 Å². The molecule has 1 amide bonds. The summed E-state index contributed by atoms with van der Waals surface area (Å²) >= 11 is 1.59. The number of nitriles is 1. The minimum atomic E-state index is -0.0354. The first kappa shape index (κ1) is 16.2. The fraction of sp³-hybridized carbons (Fsp3) is 0.400. The van der Waals surface area contributed by atoms with Crippen molar-refractivity contribution in [3.63, 3.8) is 0 Å². The largest absolute Gasteiger partial charge is 0.362 e. The molecule has 4 nitrogen and oxygen atoms in total. The molecule has 0 bridgehead atoms. The van der Waals surface area contributed by atoms with E-state index in [9.17, 15) is 10.1 Å². The van der Waals surface area contributed by atoms with Crippen molar-refractivity contribution in [3.05, 3.63) is 45.8 Å². The highest BCUT2D eigenvalue weighted by Gasteiger charge is 2.23. The number of anilines is 2. The Kier molecular flexibility index (Phi) is 4.46. The van der Waals surface area contributed by atoms with Crippen molar-refractivity contribution < 1.29 is 4.79 Å². The van der Waals surface area contributed by atoms with Gasteiger partial charge in [-0.2, -0.15) is 5.26 Å². The molecule has 2 aliphatic rings. The fourth-order valence-corrected chi connectivity index (χ4v) is 5.14. The maximum absolute atomic E-state index is 12.6. The lowest BCUT2D eigenvalue weighted by atomic mass is 9.96. The van der Waals surface area contributed by atoms with Crippen LogP contribution >= 0.6 is 11.3 Å². The molecule has 2 heterocycles. The summed E-state index contributed by atoms with van der Waals surface area (Å²) in [5.74, 6) is -0.0354. The molecule has 0 atom stereocenters. The third-order valence-corrected chi connectivity index (χ3v) is 6.28. The first-order valence-electron chi connectivity index (χ1n) is 8.93. The zero-order valence-electron chi connectivity index (χ0n) is 14.2. The summed E-state index contributed by atoms with van der Waals surface area (Å²) < 4.78 is 0. The van der Waals surface area contributed by atoms with E-state index >= 15 is 0 Å². The lowest BCUT2D eigenvalue weighted by Gasteiger charge is -2.30. The first-order chi connectivity index (χ1) is 12.3. The van der Waals surface area contributed by atoms with Crippen molar-refractivity contribution in [1.82, 2.24) is 0 Å². The van der Waals surface area contributed by atoms with Crippen LogP contribution in [0.5, 0.6) is 0 Å². The van der Waals surface area contributed by atoms with E-state index in [1.54, 1.807) is 11.3 Å². The smallest absolute Gasteiger partial charge is 0.244 e. The van der Waals surface area contributed by atoms with Crippen molar-refractivity contribution in [2.75, 3.05) is 23.3 Å². The summed E-state index contributed by atoms with van der Waals surface area (Å²) in [6, 6.07) is 10.6. The predicted octanol–water partition coefficient (Wildman–Crippen LogP) is 3.89. The molecule has 0 saturated carbocycles. The fourth-order valence-electron chi connectivity index (χ4n) is 3.89. The van der Waals surface area contributed by atoms with Gasteiger partial charge in [0, 0.05) is 17.1 Å². The summed E-state index contributed by atoms with van der Waals surface area (Å²) in [6.45, 7) is 1.24. The molecular formula is C20H21N3OS. The summed E-state index contributed by atoms with van der Waals surface area (Å²) in [7, 11) is 0. The molecule has 25 heavy (non-hydrogen) atoms. The van der Waals surface area contributed by atoms with Crippen LogP contribution < -0.4 is 10.2 Å². The van der Waals surface area contributed by atoms with Gasteiger partial charge in [0.2, 0.25) is 5.91 Å². The lowest BCUT2D eigenvalue weighted by molar-refractivity contribution is -0.115. The third kappa shape index (κ3) is 3.14. The van der Waals surface area contributed by atoms with Gasteiger partial charge in [0.25, 0.3) is 0 Å². The van der Waals surface area contributed by atoms with Crippen molar-refractivity contribution in [3.8, 4) is 6.07 Å². The molecule has 2 aromatic rings. The first-order valence-corrected chi connectivity index (χ1v) is 9.75. The van der Waals surface area contributed by atoms with E-state index in [1.807, 2.05) is 6.07 Å². The number of rotatable bonds is 3. The van der Waals surface area contributed by atoms with Crippen LogP contribution in [0.15, 0.2) is 24.3 Å². The Hall–Kier alpha value is -2.32. The Morgan fingerprint density at radius 2 is 2.04 bits per heavy atom. The standard InChI is InChI=1S/C20H21N3OS/c21-12-16-15-8-2-4-10-18(15)25-20(16)22-19(24)13-23-11-5-7-14-6-1-3-9-17(14)23/h1,3,6,9H,2,4-5,7-8,10-11,13H2,(H,22,24). The molecule has 0 fully saturated rings. The van der Waals surface area contributed by atoms with Crippen LogP contribution in [0, 0.1) is 11.3 Å². The number of hydrogen-bond donors (Lipinski definition) is 1. The molecule has 128 valence electrons. The van der Waals surface area contributed by atoms with Crippen LogP contribution in [0.4, 0.5) is 10.7 Å². The van der Waals surface area contributed by atoms with Crippen LogP contribution in [-0.2, 0) is 24.1 Å². The highest BCUT2D eigenvalue weighted by molar-refractivity contribution is 7.16. The minimum Gasteiger partial charge on any atom is -0.362 e. The molecule has 1 aromatic carbocycles. The number of amides is 1. The molecule has 1 aliphatic heterocycles. The molecule has 0 saturated heterocycles. The number of carbonyl (C=O) groups is 1. The summed E-state index contributed by atoms with van der Waals surface area (Å²) in [6.07, 6.45) is 6.45. The van der Waals surface area contributed by atoms with Gasteiger partial charge >= 0.3 is 0 Å². The highest BCUT2D eigenvalue weighted by Crippen LogP contribution is 2.37. The maximum atomic E-state index is 12.6. The number of fused-ring (bicyclic) bond motifs is 2. The van der Waals surface area contributed by atoms with E-state index in [-0.39, 0.29) is 5.91 Å². The maximum Gasteiger partial charge on any atom is 0.244 e. The van der Waals surface area contributed by atoms with Crippen LogP contribution in [0.25, 0.3) is 0 Å². The van der Waals surface area contributed by atoms with Crippen molar-refractivity contribution in [2.24, 2.45) is 0 Å². The Bertz CT molecular complexity index is 849. The molecule has 5 heteroatoms. The zero-order valence-corrected chi connectivity index (χ0v) is 15.0. The number of thiophene rings is 1. The second-order valence-corrected chi connectivity index (χ2v) is 7.83. The Morgan fingerprint density at radius 3 is 2.92 bits per heavy atom. The lowest BCUT2D eigenvalue weighted by Crippen LogP contribution is -2.36. The van der Waals surface area contributed by atoms with Gasteiger partial charge in [-0.3, -0.25) is 4.79 Å². The zero-order chi connectivity index (χ0) is 17.2. The molecule has 4 rings (SSSR count). The van der Waals surface area contributed by atoms with Crippen LogP contribution in [0.1, 0.15) is 40.8 Å². The molecule has 1 N–H and O–H groups in total. The van der Waals surface area contributed by atoms with E-state index < -0.39 is 0 Å².